The predicted octanol–water partition coefficient (Wildman–Crippen LogP) is 3.23. The van der Waals surface area contributed by atoms with Crippen LogP contribution in [0, 0.1) is 0 Å². The molecule has 0 aliphatic heterocycles. The van der Waals surface area contributed by atoms with Crippen LogP contribution in [0.1, 0.15) is 31.4 Å². The second-order valence-electron chi connectivity index (χ2n) is 5.05. The van der Waals surface area contributed by atoms with Gasteiger partial charge in [-0.1, -0.05) is 31.2 Å². The molecule has 0 aromatic heterocycles. The summed E-state index contributed by atoms with van der Waals surface area (Å²) < 4.78 is 40.9. The molecule has 23 heavy (non-hydrogen) atoms. The van der Waals surface area contributed by atoms with Crippen LogP contribution in [0.5, 0.6) is 0 Å². The molecule has 0 atom stereocenters. The zero-order valence-corrected chi connectivity index (χ0v) is 13.5. The highest BCUT2D eigenvalue weighted by atomic mass is 19.4. The molecule has 7 heteroatoms. The van der Waals surface area contributed by atoms with Crippen molar-refractivity contribution in [3.63, 3.8) is 0 Å². The first-order chi connectivity index (χ1) is 10.9. The van der Waals surface area contributed by atoms with E-state index in [1.807, 2.05) is 19.1 Å². The Morgan fingerprint density at radius 3 is 2.57 bits per heavy atom. The zero-order valence-electron chi connectivity index (χ0n) is 13.5. The van der Waals surface area contributed by atoms with E-state index in [1.165, 1.54) is 0 Å². The van der Waals surface area contributed by atoms with Crippen molar-refractivity contribution in [1.29, 1.82) is 0 Å². The van der Waals surface area contributed by atoms with Crippen LogP contribution in [0.4, 0.5) is 13.2 Å². The van der Waals surface area contributed by atoms with Gasteiger partial charge in [-0.05, 0) is 24.5 Å². The van der Waals surface area contributed by atoms with E-state index in [4.69, 9.17) is 0 Å². The van der Waals surface area contributed by atoms with Gasteiger partial charge in [0.1, 0.15) is 6.61 Å². The zero-order chi connectivity index (χ0) is 17.1. The summed E-state index contributed by atoms with van der Waals surface area (Å²) >= 11 is 0. The number of hydrogen-bond donors (Lipinski definition) is 2. The van der Waals surface area contributed by atoms with E-state index in [9.17, 15) is 13.2 Å². The Hall–Kier alpha value is -1.76. The first-order valence-corrected chi connectivity index (χ1v) is 7.69. The van der Waals surface area contributed by atoms with Crippen molar-refractivity contribution in [2.45, 2.75) is 39.6 Å². The summed E-state index contributed by atoms with van der Waals surface area (Å²) in [5.41, 5.74) is 1.63. The Morgan fingerprint density at radius 1 is 1.17 bits per heavy atom. The number of benzene rings is 1. The minimum Gasteiger partial charge on any atom is -0.367 e. The first-order valence-electron chi connectivity index (χ1n) is 7.69. The van der Waals surface area contributed by atoms with Gasteiger partial charge >= 0.3 is 6.18 Å². The number of aliphatic imine (C=N–C) groups is 1. The van der Waals surface area contributed by atoms with E-state index < -0.39 is 12.8 Å². The number of nitrogens with one attached hydrogen (secondary N) is 2. The normalized spacial score (nSPS) is 12.3. The molecule has 0 bridgehead atoms. The predicted molar refractivity (Wildman–Crippen MR) is 85.3 cm³/mol. The van der Waals surface area contributed by atoms with Gasteiger partial charge in [0.05, 0.1) is 13.2 Å². The minimum atomic E-state index is -4.30. The van der Waals surface area contributed by atoms with Gasteiger partial charge in [0.2, 0.25) is 0 Å². The van der Waals surface area contributed by atoms with Crippen molar-refractivity contribution in [2.24, 2.45) is 4.99 Å². The van der Waals surface area contributed by atoms with E-state index in [2.05, 4.69) is 27.3 Å². The number of guanidine groups is 1. The summed E-state index contributed by atoms with van der Waals surface area (Å²) in [6, 6.07) is 7.23. The van der Waals surface area contributed by atoms with E-state index in [0.717, 1.165) is 31.0 Å². The lowest BCUT2D eigenvalue weighted by molar-refractivity contribution is -0.176. The monoisotopic (exact) mass is 331 g/mol. The second-order valence-corrected chi connectivity index (χ2v) is 5.05. The standard InChI is InChI=1S/C16H24F3N3O/c1-3-8-21-15(20-4-2)22-10-13-6-5-7-14(9-13)11-23-12-16(17,18)19/h5-7,9H,3-4,8,10-12H2,1-2H3,(H2,20,21,22). The average Bonchev–Trinajstić information content (AvgIpc) is 2.49. The Bertz CT molecular complexity index is 490. The molecule has 2 N–H and O–H groups in total. The third kappa shape index (κ3) is 9.07. The Kier molecular flexibility index (Phi) is 8.47. The third-order valence-electron chi connectivity index (χ3n) is 2.83. The quantitative estimate of drug-likeness (QED) is 0.568. The molecule has 1 aromatic rings. The van der Waals surface area contributed by atoms with Gasteiger partial charge in [0, 0.05) is 13.1 Å². The molecule has 0 saturated heterocycles. The van der Waals surface area contributed by atoms with Gasteiger partial charge in [-0.15, -0.1) is 0 Å². The van der Waals surface area contributed by atoms with Crippen LogP contribution in [0.2, 0.25) is 0 Å². The highest BCUT2D eigenvalue weighted by Gasteiger charge is 2.27. The van der Waals surface area contributed by atoms with E-state index in [1.54, 1.807) is 12.1 Å². The molecule has 0 saturated carbocycles. The summed E-state index contributed by atoms with van der Waals surface area (Å²) in [6.07, 6.45) is -3.30. The smallest absolute Gasteiger partial charge is 0.367 e. The third-order valence-corrected chi connectivity index (χ3v) is 2.83. The van der Waals surface area contributed by atoms with Gasteiger partial charge in [0.25, 0.3) is 0 Å². The van der Waals surface area contributed by atoms with Crippen LogP contribution < -0.4 is 10.6 Å². The number of halogens is 3. The van der Waals surface area contributed by atoms with Crippen LogP contribution in [0.3, 0.4) is 0 Å². The van der Waals surface area contributed by atoms with E-state index >= 15 is 0 Å². The van der Waals surface area contributed by atoms with E-state index in [0.29, 0.717) is 12.1 Å². The maximum atomic E-state index is 12.1. The van der Waals surface area contributed by atoms with E-state index in [-0.39, 0.29) is 6.61 Å². The van der Waals surface area contributed by atoms with Crippen molar-refractivity contribution < 1.29 is 17.9 Å². The molecule has 0 amide bonds. The summed E-state index contributed by atoms with van der Waals surface area (Å²) in [5, 5.41) is 6.34. The fourth-order valence-electron chi connectivity index (χ4n) is 1.86. The molecular weight excluding hydrogens is 307 g/mol. The van der Waals surface area contributed by atoms with Crippen LogP contribution >= 0.6 is 0 Å². The minimum absolute atomic E-state index is 0.0643. The number of alkyl halides is 3. The van der Waals surface area contributed by atoms with Crippen LogP contribution in [0.25, 0.3) is 0 Å². The van der Waals surface area contributed by atoms with Gasteiger partial charge in [-0.2, -0.15) is 13.2 Å². The van der Waals surface area contributed by atoms with Gasteiger partial charge in [-0.25, -0.2) is 4.99 Å². The average molecular weight is 331 g/mol. The number of hydrogen-bond acceptors (Lipinski definition) is 2. The van der Waals surface area contributed by atoms with Crippen LogP contribution in [-0.2, 0) is 17.9 Å². The van der Waals surface area contributed by atoms with Crippen molar-refractivity contribution in [3.8, 4) is 0 Å². The summed E-state index contributed by atoms with van der Waals surface area (Å²) in [4.78, 5) is 4.46. The molecule has 0 aliphatic rings. The topological polar surface area (TPSA) is 45.7 Å². The van der Waals surface area contributed by atoms with Crippen LogP contribution in [0.15, 0.2) is 29.3 Å². The Balaban J connectivity index is 2.57. The van der Waals surface area contributed by atoms with Crippen molar-refractivity contribution in [1.82, 2.24) is 10.6 Å². The fourth-order valence-corrected chi connectivity index (χ4v) is 1.86. The molecular formula is C16H24F3N3O. The molecule has 0 radical (unpaired) electrons. The number of rotatable bonds is 8. The maximum Gasteiger partial charge on any atom is 0.411 e. The lowest BCUT2D eigenvalue weighted by Gasteiger charge is -2.11. The molecule has 0 spiro atoms. The van der Waals surface area contributed by atoms with Gasteiger partial charge in [0.15, 0.2) is 5.96 Å². The summed E-state index contributed by atoms with van der Waals surface area (Å²) in [5.74, 6) is 0.730. The highest BCUT2D eigenvalue weighted by Crippen LogP contribution is 2.16. The molecule has 0 fully saturated rings. The van der Waals surface area contributed by atoms with Crippen LogP contribution in [-0.4, -0.2) is 31.8 Å². The molecule has 1 aromatic carbocycles. The SMILES string of the molecule is CCCNC(=NCc1cccc(COCC(F)(F)F)c1)NCC. The molecule has 0 aliphatic carbocycles. The molecule has 130 valence electrons. The van der Waals surface area contributed by atoms with Gasteiger partial charge < -0.3 is 15.4 Å². The second kappa shape index (κ2) is 10.1. The maximum absolute atomic E-state index is 12.1. The fraction of sp³-hybridized carbons (Fsp3) is 0.562. The first kappa shape index (κ1) is 19.3. The summed E-state index contributed by atoms with van der Waals surface area (Å²) in [7, 11) is 0. The molecule has 4 nitrogen and oxygen atoms in total. The highest BCUT2D eigenvalue weighted by molar-refractivity contribution is 5.79. The molecule has 0 heterocycles. The number of nitrogens with zero attached hydrogens (tertiary/aromatic N) is 1. The Morgan fingerprint density at radius 2 is 1.91 bits per heavy atom. The summed E-state index contributed by atoms with van der Waals surface area (Å²) in [6.45, 7) is 4.80. The Labute approximate surface area is 135 Å². The van der Waals surface area contributed by atoms with Gasteiger partial charge in [-0.3, -0.25) is 0 Å². The lowest BCUT2D eigenvalue weighted by atomic mass is 10.1. The molecule has 0 unspecified atom stereocenters. The van der Waals surface area contributed by atoms with Crippen molar-refractivity contribution >= 4 is 5.96 Å². The van der Waals surface area contributed by atoms with Crippen molar-refractivity contribution in [3.05, 3.63) is 35.4 Å². The largest absolute Gasteiger partial charge is 0.411 e. The lowest BCUT2D eigenvalue weighted by Crippen LogP contribution is -2.37. The number of ether oxygens (including phenoxy) is 1. The van der Waals surface area contributed by atoms with Crippen molar-refractivity contribution in [2.75, 3.05) is 19.7 Å². The molecule has 1 rings (SSSR count).